The van der Waals surface area contributed by atoms with E-state index in [2.05, 4.69) is 0 Å². The molecule has 3 amide bonds. The first kappa shape index (κ1) is 14.2. The molecule has 16 heavy (non-hydrogen) atoms. The van der Waals surface area contributed by atoms with Crippen molar-refractivity contribution in [3.05, 3.63) is 0 Å². The third-order valence-electron chi connectivity index (χ3n) is 1.48. The lowest BCUT2D eigenvalue weighted by Crippen LogP contribution is -2.45. The van der Waals surface area contributed by atoms with Crippen molar-refractivity contribution in [2.24, 2.45) is 0 Å². The third kappa shape index (κ3) is 5.87. The van der Waals surface area contributed by atoms with Crippen molar-refractivity contribution >= 4 is 17.7 Å². The number of nitrogens with one attached hydrogen (secondary N) is 3. The number of carbonyl (C=O) groups excluding carboxylic acids is 3. The molecule has 0 atom stereocenters. The molecule has 0 saturated heterocycles. The van der Waals surface area contributed by atoms with Crippen LogP contribution in [0.2, 0.25) is 0 Å². The van der Waals surface area contributed by atoms with Gasteiger partial charge in [0.05, 0.1) is 19.6 Å². The van der Waals surface area contributed by atoms with E-state index in [4.69, 9.17) is 15.6 Å². The molecule has 10 heteroatoms. The summed E-state index contributed by atoms with van der Waals surface area (Å²) < 4.78 is 0. The summed E-state index contributed by atoms with van der Waals surface area (Å²) in [5.41, 5.74) is 3.93. The summed E-state index contributed by atoms with van der Waals surface area (Å²) in [6.45, 7) is -1.38. The number of nitrogens with zero attached hydrogens (tertiary/aromatic N) is 1. The molecule has 6 N–H and O–H groups in total. The number of hydrogen-bond donors (Lipinski definition) is 6. The van der Waals surface area contributed by atoms with E-state index in [1.807, 2.05) is 0 Å². The van der Waals surface area contributed by atoms with Crippen LogP contribution in [0.3, 0.4) is 0 Å². The van der Waals surface area contributed by atoms with E-state index >= 15 is 0 Å². The Kier molecular flexibility index (Phi) is 6.71. The van der Waals surface area contributed by atoms with Crippen molar-refractivity contribution in [1.29, 1.82) is 0 Å². The standard InChI is InChI=1S/C6H12N4O6/c11-4(7-14)1-10(2-5(12)8-15)3-6(13)9-16/h14-16H,1-3H2,(H,7,11)(H,8,12)(H,9,13). The molecule has 0 bridgehead atoms. The summed E-state index contributed by atoms with van der Waals surface area (Å²) in [6, 6.07) is 0. The minimum absolute atomic E-state index is 0.461. The third-order valence-corrected chi connectivity index (χ3v) is 1.48. The van der Waals surface area contributed by atoms with Gasteiger partial charge >= 0.3 is 0 Å². The van der Waals surface area contributed by atoms with Crippen LogP contribution in [0.1, 0.15) is 0 Å². The summed E-state index contributed by atoms with van der Waals surface area (Å²) >= 11 is 0. The van der Waals surface area contributed by atoms with Gasteiger partial charge in [-0.15, -0.1) is 0 Å². The summed E-state index contributed by atoms with van der Waals surface area (Å²) in [5, 5.41) is 24.7. The lowest BCUT2D eigenvalue weighted by atomic mass is 10.4. The van der Waals surface area contributed by atoms with Crippen molar-refractivity contribution in [2.45, 2.75) is 0 Å². The lowest BCUT2D eigenvalue weighted by Gasteiger charge is -2.18. The van der Waals surface area contributed by atoms with Crippen molar-refractivity contribution in [3.8, 4) is 0 Å². The summed E-state index contributed by atoms with van der Waals surface area (Å²) in [7, 11) is 0. The zero-order valence-corrected chi connectivity index (χ0v) is 8.13. The van der Waals surface area contributed by atoms with Crippen LogP contribution in [0.25, 0.3) is 0 Å². The van der Waals surface area contributed by atoms with Gasteiger partial charge in [-0.3, -0.25) is 34.9 Å². The van der Waals surface area contributed by atoms with Gasteiger partial charge in [0.25, 0.3) is 17.7 Å². The van der Waals surface area contributed by atoms with E-state index < -0.39 is 37.4 Å². The van der Waals surface area contributed by atoms with Crippen LogP contribution >= 0.6 is 0 Å². The average molecular weight is 236 g/mol. The van der Waals surface area contributed by atoms with Gasteiger partial charge in [0, 0.05) is 0 Å². The van der Waals surface area contributed by atoms with Crippen LogP contribution in [-0.4, -0.2) is 57.9 Å². The summed E-state index contributed by atoms with van der Waals surface area (Å²) in [6.07, 6.45) is 0. The molecule has 0 saturated carbocycles. The Hall–Kier alpha value is -1.75. The smallest absolute Gasteiger partial charge is 0.257 e. The number of rotatable bonds is 6. The van der Waals surface area contributed by atoms with E-state index in [1.165, 1.54) is 16.4 Å². The topological polar surface area (TPSA) is 151 Å². The zero-order valence-electron chi connectivity index (χ0n) is 8.13. The summed E-state index contributed by atoms with van der Waals surface area (Å²) in [4.78, 5) is 33.3. The molecule has 0 aliphatic rings. The highest BCUT2D eigenvalue weighted by Gasteiger charge is 2.16. The molecule has 0 aliphatic carbocycles. The molecule has 10 nitrogen and oxygen atoms in total. The SMILES string of the molecule is O=C(CN(CC(=O)NO)CC(=O)NO)NO. The largest absolute Gasteiger partial charge is 0.289 e. The van der Waals surface area contributed by atoms with Crippen LogP contribution in [0.15, 0.2) is 0 Å². The molecule has 92 valence electrons. The van der Waals surface area contributed by atoms with Crippen molar-refractivity contribution in [3.63, 3.8) is 0 Å². The van der Waals surface area contributed by atoms with Gasteiger partial charge in [0.2, 0.25) is 0 Å². The molecule has 0 radical (unpaired) electrons. The van der Waals surface area contributed by atoms with Crippen LogP contribution in [-0.2, 0) is 14.4 Å². The fraction of sp³-hybridized carbons (Fsp3) is 0.500. The quantitative estimate of drug-likeness (QED) is 0.210. The maximum atomic E-state index is 10.8. The Bertz CT molecular complexity index is 227. The van der Waals surface area contributed by atoms with Crippen molar-refractivity contribution in [2.75, 3.05) is 19.6 Å². The monoisotopic (exact) mass is 236 g/mol. The second kappa shape index (κ2) is 7.53. The van der Waals surface area contributed by atoms with Gasteiger partial charge in [-0.2, -0.15) is 0 Å². The molecule has 0 heterocycles. The van der Waals surface area contributed by atoms with E-state index in [-0.39, 0.29) is 0 Å². The minimum atomic E-state index is -0.850. The van der Waals surface area contributed by atoms with Crippen molar-refractivity contribution in [1.82, 2.24) is 21.3 Å². The molecule has 0 fully saturated rings. The van der Waals surface area contributed by atoms with Crippen molar-refractivity contribution < 1.29 is 30.0 Å². The van der Waals surface area contributed by atoms with Gasteiger partial charge in [0.1, 0.15) is 0 Å². The Labute approximate surface area is 89.7 Å². The maximum Gasteiger partial charge on any atom is 0.257 e. The van der Waals surface area contributed by atoms with E-state index in [0.29, 0.717) is 0 Å². The fourth-order valence-corrected chi connectivity index (χ4v) is 0.883. The Balaban J connectivity index is 4.31. The number of amides is 3. The van der Waals surface area contributed by atoms with Crippen LogP contribution in [0, 0.1) is 0 Å². The molecule has 0 aromatic carbocycles. The molecular formula is C6H12N4O6. The van der Waals surface area contributed by atoms with Gasteiger partial charge in [-0.25, -0.2) is 16.4 Å². The second-order valence-corrected chi connectivity index (χ2v) is 2.75. The van der Waals surface area contributed by atoms with Gasteiger partial charge in [-0.05, 0) is 0 Å². The molecule has 0 aromatic rings. The Morgan fingerprint density at radius 1 is 0.750 bits per heavy atom. The average Bonchev–Trinajstić information content (AvgIpc) is 2.28. The zero-order chi connectivity index (χ0) is 12.6. The molecule has 0 spiro atoms. The predicted molar refractivity (Wildman–Crippen MR) is 46.2 cm³/mol. The highest BCUT2D eigenvalue weighted by Crippen LogP contribution is 1.88. The first-order valence-corrected chi connectivity index (χ1v) is 4.04. The Morgan fingerprint density at radius 2 is 1.00 bits per heavy atom. The maximum absolute atomic E-state index is 10.8. The minimum Gasteiger partial charge on any atom is -0.289 e. The summed E-state index contributed by atoms with van der Waals surface area (Å²) in [5.74, 6) is -2.55. The van der Waals surface area contributed by atoms with E-state index in [1.54, 1.807) is 0 Å². The van der Waals surface area contributed by atoms with Crippen LogP contribution in [0.5, 0.6) is 0 Å². The van der Waals surface area contributed by atoms with Gasteiger partial charge in [0.15, 0.2) is 0 Å². The molecule has 0 aliphatic heterocycles. The number of hydroxylamine groups is 3. The number of hydrogen-bond acceptors (Lipinski definition) is 7. The van der Waals surface area contributed by atoms with E-state index in [0.717, 1.165) is 4.90 Å². The predicted octanol–water partition coefficient (Wildman–Crippen LogP) is -3.20. The van der Waals surface area contributed by atoms with Gasteiger partial charge < -0.3 is 0 Å². The fourth-order valence-electron chi connectivity index (χ4n) is 0.883. The normalized spacial score (nSPS) is 9.75. The first-order chi connectivity index (χ1) is 7.53. The highest BCUT2D eigenvalue weighted by atomic mass is 16.5. The van der Waals surface area contributed by atoms with Crippen LogP contribution in [0.4, 0.5) is 0 Å². The molecule has 0 rings (SSSR count). The van der Waals surface area contributed by atoms with Crippen LogP contribution < -0.4 is 16.4 Å². The number of carbonyl (C=O) groups is 3. The molecular weight excluding hydrogens is 224 g/mol. The van der Waals surface area contributed by atoms with E-state index in [9.17, 15) is 14.4 Å². The molecule has 0 unspecified atom stereocenters. The first-order valence-electron chi connectivity index (χ1n) is 4.04. The lowest BCUT2D eigenvalue weighted by molar-refractivity contribution is -0.136. The van der Waals surface area contributed by atoms with Gasteiger partial charge in [-0.1, -0.05) is 0 Å². The Morgan fingerprint density at radius 3 is 1.19 bits per heavy atom. The highest BCUT2D eigenvalue weighted by molar-refractivity contribution is 5.82. The molecule has 0 aromatic heterocycles. The second-order valence-electron chi connectivity index (χ2n) is 2.75.